The molecule has 0 saturated carbocycles. The molecule has 1 N–H and O–H groups in total. The fourth-order valence-corrected chi connectivity index (χ4v) is 6.95. The Morgan fingerprint density at radius 3 is 1.98 bits per heavy atom. The highest BCUT2D eigenvalue weighted by molar-refractivity contribution is 7.92. The number of anilines is 1. The third-order valence-electron chi connectivity index (χ3n) is 7.78. The zero-order chi connectivity index (χ0) is 34.6. The monoisotopic (exact) mass is 695 g/mol. The summed E-state index contributed by atoms with van der Waals surface area (Å²) in [5.41, 5.74) is 1.81. The fourth-order valence-electron chi connectivity index (χ4n) is 5.31. The van der Waals surface area contributed by atoms with Gasteiger partial charge < -0.3 is 15.0 Å². The number of carbonyl (C=O) groups excluding carboxylic acids is 2. The van der Waals surface area contributed by atoms with Crippen molar-refractivity contribution in [3.05, 3.63) is 156 Å². The Hall–Kier alpha value is -5.12. The number of ether oxygens (including phenoxy) is 1. The first kappa shape index (κ1) is 35.2. The van der Waals surface area contributed by atoms with Crippen molar-refractivity contribution in [2.75, 3.05) is 17.4 Å². The second-order valence-corrected chi connectivity index (χ2v) is 13.7. The van der Waals surface area contributed by atoms with E-state index in [-0.39, 0.29) is 29.5 Å². The number of hydrogen-bond donors (Lipinski definition) is 1. The standard InChI is InChI=1S/C39H38ClN3O5S/c1-2-25-41-39(45)37(27-30-13-6-3-7-14-30)42(28-31-15-12-16-32(40)26-31)38(44)29-43(49(46,47)36-19-10-5-11-20-36)33-21-23-35(24-22-33)48-34-17-8-4-9-18-34/h3-24,26,37H,2,25,27-29H2,1H3,(H,41,45). The van der Waals surface area contributed by atoms with Crippen LogP contribution in [-0.4, -0.2) is 44.3 Å². The van der Waals surface area contributed by atoms with Crippen LogP contribution in [-0.2, 0) is 32.6 Å². The van der Waals surface area contributed by atoms with Gasteiger partial charge in [-0.15, -0.1) is 0 Å². The van der Waals surface area contributed by atoms with E-state index in [1.165, 1.54) is 17.0 Å². The highest BCUT2D eigenvalue weighted by Gasteiger charge is 2.34. The average molecular weight is 696 g/mol. The summed E-state index contributed by atoms with van der Waals surface area (Å²) in [7, 11) is -4.23. The molecule has 0 aliphatic heterocycles. The SMILES string of the molecule is CCCNC(=O)C(Cc1ccccc1)N(Cc1cccc(Cl)c1)C(=O)CN(c1ccc(Oc2ccccc2)cc1)S(=O)(=O)c1ccccc1. The predicted octanol–water partition coefficient (Wildman–Crippen LogP) is 7.49. The number of halogens is 1. The highest BCUT2D eigenvalue weighted by Crippen LogP contribution is 2.29. The van der Waals surface area contributed by atoms with E-state index < -0.39 is 28.5 Å². The van der Waals surface area contributed by atoms with Gasteiger partial charge in [0.05, 0.1) is 10.6 Å². The molecule has 0 bridgehead atoms. The normalized spacial score (nSPS) is 11.7. The summed E-state index contributed by atoms with van der Waals surface area (Å²) in [4.78, 5) is 29.9. The minimum atomic E-state index is -4.23. The number of para-hydroxylation sites is 1. The molecule has 0 radical (unpaired) electrons. The summed E-state index contributed by atoms with van der Waals surface area (Å²) in [5, 5.41) is 3.43. The van der Waals surface area contributed by atoms with Crippen molar-refractivity contribution in [2.45, 2.75) is 37.2 Å². The van der Waals surface area contributed by atoms with E-state index in [4.69, 9.17) is 16.3 Å². The first-order chi connectivity index (χ1) is 23.7. The van der Waals surface area contributed by atoms with E-state index in [9.17, 15) is 18.0 Å². The molecule has 10 heteroatoms. The van der Waals surface area contributed by atoms with Gasteiger partial charge in [0, 0.05) is 24.5 Å². The summed E-state index contributed by atoms with van der Waals surface area (Å²) >= 11 is 6.32. The van der Waals surface area contributed by atoms with Crippen LogP contribution in [0.2, 0.25) is 5.02 Å². The molecule has 0 saturated heterocycles. The second kappa shape index (κ2) is 16.8. The van der Waals surface area contributed by atoms with Gasteiger partial charge in [-0.25, -0.2) is 8.42 Å². The lowest BCUT2D eigenvalue weighted by Gasteiger charge is -2.34. The Balaban J connectivity index is 1.54. The maximum atomic E-state index is 14.6. The van der Waals surface area contributed by atoms with Gasteiger partial charge in [-0.3, -0.25) is 13.9 Å². The van der Waals surface area contributed by atoms with Gasteiger partial charge in [-0.1, -0.05) is 97.4 Å². The number of sulfonamides is 1. The molecular formula is C39H38ClN3O5S. The van der Waals surface area contributed by atoms with Crippen molar-refractivity contribution in [3.8, 4) is 11.5 Å². The van der Waals surface area contributed by atoms with Crippen LogP contribution in [0.4, 0.5) is 5.69 Å². The number of amides is 2. The number of nitrogens with one attached hydrogen (secondary N) is 1. The largest absolute Gasteiger partial charge is 0.457 e. The smallest absolute Gasteiger partial charge is 0.264 e. The quantitative estimate of drug-likeness (QED) is 0.122. The third-order valence-corrected chi connectivity index (χ3v) is 9.80. The lowest BCUT2D eigenvalue weighted by atomic mass is 10.0. The van der Waals surface area contributed by atoms with Crippen LogP contribution in [0.3, 0.4) is 0 Å². The van der Waals surface area contributed by atoms with Gasteiger partial charge in [0.15, 0.2) is 0 Å². The van der Waals surface area contributed by atoms with Gasteiger partial charge in [0.1, 0.15) is 24.1 Å². The lowest BCUT2D eigenvalue weighted by Crippen LogP contribution is -2.53. The van der Waals surface area contributed by atoms with Crippen LogP contribution in [0.25, 0.3) is 0 Å². The maximum absolute atomic E-state index is 14.6. The van der Waals surface area contributed by atoms with E-state index in [2.05, 4.69) is 5.32 Å². The number of rotatable bonds is 15. The topological polar surface area (TPSA) is 96.0 Å². The maximum Gasteiger partial charge on any atom is 0.264 e. The van der Waals surface area contributed by atoms with Crippen LogP contribution in [0.5, 0.6) is 11.5 Å². The van der Waals surface area contributed by atoms with E-state index in [1.807, 2.05) is 73.7 Å². The first-order valence-electron chi connectivity index (χ1n) is 16.0. The van der Waals surface area contributed by atoms with Crippen LogP contribution >= 0.6 is 11.6 Å². The molecule has 0 aliphatic rings. The van der Waals surface area contributed by atoms with Gasteiger partial charge in [-0.05, 0) is 78.2 Å². The first-order valence-corrected chi connectivity index (χ1v) is 17.8. The van der Waals surface area contributed by atoms with E-state index in [1.54, 1.807) is 60.7 Å². The molecule has 0 fully saturated rings. The lowest BCUT2D eigenvalue weighted by molar-refractivity contribution is -0.140. The van der Waals surface area contributed by atoms with Gasteiger partial charge in [0.25, 0.3) is 10.0 Å². The predicted molar refractivity (Wildman–Crippen MR) is 193 cm³/mol. The second-order valence-electron chi connectivity index (χ2n) is 11.4. The summed E-state index contributed by atoms with van der Waals surface area (Å²) < 4.78 is 35.5. The minimum Gasteiger partial charge on any atom is -0.457 e. The van der Waals surface area contributed by atoms with E-state index >= 15 is 0 Å². The molecule has 2 amide bonds. The van der Waals surface area contributed by atoms with Crippen LogP contribution in [0.15, 0.2) is 144 Å². The minimum absolute atomic E-state index is 0.0235. The van der Waals surface area contributed by atoms with Gasteiger partial charge >= 0.3 is 0 Å². The zero-order valence-electron chi connectivity index (χ0n) is 27.1. The van der Waals surface area contributed by atoms with Crippen molar-refractivity contribution < 1.29 is 22.7 Å². The van der Waals surface area contributed by atoms with Crippen molar-refractivity contribution in [2.24, 2.45) is 0 Å². The zero-order valence-corrected chi connectivity index (χ0v) is 28.7. The molecule has 5 aromatic rings. The van der Waals surface area contributed by atoms with Crippen LogP contribution < -0.4 is 14.4 Å². The summed E-state index contributed by atoms with van der Waals surface area (Å²) in [6, 6.07) is 39.2. The van der Waals surface area contributed by atoms with Crippen molar-refractivity contribution in [3.63, 3.8) is 0 Å². The summed E-state index contributed by atoms with van der Waals surface area (Å²) in [5.74, 6) is 0.232. The fraction of sp³-hybridized carbons (Fsp3) is 0.179. The van der Waals surface area contributed by atoms with Gasteiger partial charge in [0.2, 0.25) is 11.8 Å². The molecule has 5 rings (SSSR count). The molecule has 49 heavy (non-hydrogen) atoms. The molecule has 8 nitrogen and oxygen atoms in total. The Bertz CT molecular complexity index is 1930. The third kappa shape index (κ3) is 9.49. The number of carbonyl (C=O) groups is 2. The summed E-state index contributed by atoms with van der Waals surface area (Å²) in [6.45, 7) is 1.83. The van der Waals surface area contributed by atoms with Crippen LogP contribution in [0, 0.1) is 0 Å². The molecular weight excluding hydrogens is 658 g/mol. The molecule has 0 aromatic heterocycles. The molecule has 252 valence electrons. The van der Waals surface area contributed by atoms with Crippen molar-refractivity contribution in [1.82, 2.24) is 10.2 Å². The Morgan fingerprint density at radius 2 is 1.35 bits per heavy atom. The highest BCUT2D eigenvalue weighted by atomic mass is 35.5. The molecule has 5 aromatic carbocycles. The molecule has 1 atom stereocenters. The van der Waals surface area contributed by atoms with Crippen molar-refractivity contribution >= 4 is 39.1 Å². The Kier molecular flexibility index (Phi) is 12.1. The van der Waals surface area contributed by atoms with Crippen LogP contribution in [0.1, 0.15) is 24.5 Å². The van der Waals surface area contributed by atoms with Crippen molar-refractivity contribution in [1.29, 1.82) is 0 Å². The van der Waals surface area contributed by atoms with E-state index in [0.717, 1.165) is 9.87 Å². The summed E-state index contributed by atoms with van der Waals surface area (Å²) in [6.07, 6.45) is 0.929. The Labute approximate surface area is 293 Å². The van der Waals surface area contributed by atoms with Gasteiger partial charge in [-0.2, -0.15) is 0 Å². The molecule has 1 unspecified atom stereocenters. The number of benzene rings is 5. The molecule has 0 aliphatic carbocycles. The number of hydrogen-bond acceptors (Lipinski definition) is 5. The van der Waals surface area contributed by atoms with E-state index in [0.29, 0.717) is 35.1 Å². The number of nitrogens with zero attached hydrogens (tertiary/aromatic N) is 2. The molecule has 0 heterocycles. The average Bonchev–Trinajstić information content (AvgIpc) is 3.12. The Morgan fingerprint density at radius 1 is 0.755 bits per heavy atom. The molecule has 0 spiro atoms.